The largest absolute Gasteiger partial charge is 0.478 e. The first kappa shape index (κ1) is 15.3. The summed E-state index contributed by atoms with van der Waals surface area (Å²) in [5.41, 5.74) is -0.0896. The first-order valence-corrected chi connectivity index (χ1v) is 8.08. The van der Waals surface area contributed by atoms with Crippen LogP contribution in [0, 0.1) is 11.8 Å². The third-order valence-corrected chi connectivity index (χ3v) is 6.06. The zero-order valence-corrected chi connectivity index (χ0v) is 12.8. The summed E-state index contributed by atoms with van der Waals surface area (Å²) in [4.78, 5) is 10.8. The van der Waals surface area contributed by atoms with E-state index in [-0.39, 0.29) is 27.3 Å². The molecule has 1 saturated heterocycles. The molecule has 2 unspecified atom stereocenters. The Bertz CT molecular complexity index is 634. The van der Waals surface area contributed by atoms with Crippen LogP contribution in [-0.2, 0) is 10.0 Å². The molecule has 0 saturated carbocycles. The van der Waals surface area contributed by atoms with E-state index < -0.39 is 16.0 Å². The van der Waals surface area contributed by atoms with Crippen LogP contribution >= 0.6 is 11.6 Å². The normalized spacial score (nSPS) is 23.9. The van der Waals surface area contributed by atoms with Gasteiger partial charge in [0.15, 0.2) is 0 Å². The summed E-state index contributed by atoms with van der Waals surface area (Å²) >= 11 is 5.94. The Balaban J connectivity index is 2.44. The molecule has 1 aromatic carbocycles. The summed E-state index contributed by atoms with van der Waals surface area (Å²) in [6.07, 6.45) is 0. The van der Waals surface area contributed by atoms with Crippen LogP contribution < -0.4 is 0 Å². The molecule has 0 aliphatic carbocycles. The summed E-state index contributed by atoms with van der Waals surface area (Å²) in [5, 5.41) is 9.01. The maximum Gasteiger partial charge on any atom is 0.335 e. The van der Waals surface area contributed by atoms with Crippen LogP contribution in [-0.4, -0.2) is 36.9 Å². The molecule has 0 radical (unpaired) electrons. The number of carboxylic acids is 1. The third kappa shape index (κ3) is 2.68. The molecule has 2 rings (SSSR count). The van der Waals surface area contributed by atoms with Crippen LogP contribution in [0.1, 0.15) is 24.2 Å². The quantitative estimate of drug-likeness (QED) is 0.928. The molecule has 1 fully saturated rings. The van der Waals surface area contributed by atoms with Crippen molar-refractivity contribution in [2.24, 2.45) is 11.8 Å². The van der Waals surface area contributed by atoms with E-state index in [2.05, 4.69) is 0 Å². The number of benzene rings is 1. The summed E-state index contributed by atoms with van der Waals surface area (Å²) in [6, 6.07) is 3.72. The molecule has 0 spiro atoms. The molecule has 20 heavy (non-hydrogen) atoms. The van der Waals surface area contributed by atoms with Gasteiger partial charge in [-0.25, -0.2) is 13.2 Å². The number of aromatic carboxylic acids is 1. The molecule has 1 aliphatic rings. The Hall–Kier alpha value is -1.11. The van der Waals surface area contributed by atoms with E-state index in [4.69, 9.17) is 16.7 Å². The minimum atomic E-state index is -3.75. The average molecular weight is 318 g/mol. The van der Waals surface area contributed by atoms with Gasteiger partial charge in [0.2, 0.25) is 10.0 Å². The molecule has 1 heterocycles. The average Bonchev–Trinajstić information content (AvgIpc) is 2.70. The smallest absolute Gasteiger partial charge is 0.335 e. The van der Waals surface area contributed by atoms with Crippen molar-refractivity contribution in [1.82, 2.24) is 4.31 Å². The standard InChI is InChI=1S/C13H16ClNO4S/c1-8-6-15(7-9(8)2)20(18,19)12-5-10(13(16)17)3-4-11(12)14/h3-5,8-9H,6-7H2,1-2H3,(H,16,17). The number of hydrogen-bond acceptors (Lipinski definition) is 3. The lowest BCUT2D eigenvalue weighted by molar-refractivity contribution is 0.0696. The molecule has 0 amide bonds. The van der Waals surface area contributed by atoms with Crippen LogP contribution in [0.3, 0.4) is 0 Å². The van der Waals surface area contributed by atoms with Crippen molar-refractivity contribution in [3.8, 4) is 0 Å². The van der Waals surface area contributed by atoms with Gasteiger partial charge in [0.05, 0.1) is 10.6 Å². The number of hydrogen-bond donors (Lipinski definition) is 1. The second-order valence-electron chi connectivity index (χ2n) is 5.23. The summed E-state index contributed by atoms with van der Waals surface area (Å²) < 4.78 is 26.5. The van der Waals surface area contributed by atoms with Gasteiger partial charge in [-0.05, 0) is 30.0 Å². The van der Waals surface area contributed by atoms with Gasteiger partial charge in [-0.3, -0.25) is 0 Å². The Labute approximate surface area is 123 Å². The van der Waals surface area contributed by atoms with Crippen LogP contribution in [0.5, 0.6) is 0 Å². The Morgan fingerprint density at radius 2 is 1.85 bits per heavy atom. The van der Waals surface area contributed by atoms with Crippen molar-refractivity contribution in [1.29, 1.82) is 0 Å². The molecular formula is C13H16ClNO4S. The predicted octanol–water partition coefficient (Wildman–Crippen LogP) is 2.31. The fourth-order valence-electron chi connectivity index (χ4n) is 2.25. The summed E-state index contributed by atoms with van der Waals surface area (Å²) in [7, 11) is -3.75. The minimum absolute atomic E-state index is 0.0437. The van der Waals surface area contributed by atoms with E-state index in [1.807, 2.05) is 13.8 Å². The fourth-order valence-corrected chi connectivity index (χ4v) is 4.39. The van der Waals surface area contributed by atoms with E-state index in [0.717, 1.165) is 6.07 Å². The molecule has 1 aliphatic heterocycles. The van der Waals surface area contributed by atoms with Crippen molar-refractivity contribution in [2.75, 3.05) is 13.1 Å². The maximum atomic E-state index is 12.6. The lowest BCUT2D eigenvalue weighted by Crippen LogP contribution is -2.29. The molecule has 110 valence electrons. The van der Waals surface area contributed by atoms with Gasteiger partial charge < -0.3 is 5.11 Å². The number of sulfonamides is 1. The highest BCUT2D eigenvalue weighted by Crippen LogP contribution is 2.31. The number of nitrogens with zero attached hydrogens (tertiary/aromatic N) is 1. The molecule has 1 N–H and O–H groups in total. The van der Waals surface area contributed by atoms with Gasteiger partial charge in [-0.15, -0.1) is 0 Å². The van der Waals surface area contributed by atoms with E-state index in [0.29, 0.717) is 13.1 Å². The highest BCUT2D eigenvalue weighted by atomic mass is 35.5. The molecule has 0 aromatic heterocycles. The van der Waals surface area contributed by atoms with E-state index in [1.54, 1.807) is 0 Å². The van der Waals surface area contributed by atoms with Crippen molar-refractivity contribution in [3.05, 3.63) is 28.8 Å². The zero-order chi connectivity index (χ0) is 15.1. The SMILES string of the molecule is CC1CN(S(=O)(=O)c2cc(C(=O)O)ccc2Cl)CC1C. The molecule has 7 heteroatoms. The molecule has 0 bridgehead atoms. The van der Waals surface area contributed by atoms with Crippen molar-refractivity contribution >= 4 is 27.6 Å². The van der Waals surface area contributed by atoms with Crippen LogP contribution in [0.2, 0.25) is 5.02 Å². The van der Waals surface area contributed by atoms with Crippen LogP contribution in [0.25, 0.3) is 0 Å². The zero-order valence-electron chi connectivity index (χ0n) is 11.2. The number of halogens is 1. The predicted molar refractivity (Wildman–Crippen MR) is 75.5 cm³/mol. The van der Waals surface area contributed by atoms with Crippen molar-refractivity contribution < 1.29 is 18.3 Å². The van der Waals surface area contributed by atoms with Gasteiger partial charge >= 0.3 is 5.97 Å². The van der Waals surface area contributed by atoms with Crippen LogP contribution in [0.15, 0.2) is 23.1 Å². The van der Waals surface area contributed by atoms with Gasteiger partial charge in [0, 0.05) is 13.1 Å². The number of rotatable bonds is 3. The Morgan fingerprint density at radius 3 is 2.35 bits per heavy atom. The molecule has 1 aromatic rings. The molecule has 2 atom stereocenters. The molecule has 5 nitrogen and oxygen atoms in total. The van der Waals surface area contributed by atoms with E-state index in [1.165, 1.54) is 16.4 Å². The van der Waals surface area contributed by atoms with Gasteiger partial charge in [-0.1, -0.05) is 25.4 Å². The fraction of sp³-hybridized carbons (Fsp3) is 0.462. The van der Waals surface area contributed by atoms with Gasteiger partial charge in [0.1, 0.15) is 4.90 Å². The second-order valence-corrected chi connectivity index (χ2v) is 7.54. The monoisotopic (exact) mass is 317 g/mol. The lowest BCUT2D eigenvalue weighted by atomic mass is 10.0. The minimum Gasteiger partial charge on any atom is -0.478 e. The van der Waals surface area contributed by atoms with E-state index in [9.17, 15) is 13.2 Å². The lowest BCUT2D eigenvalue weighted by Gasteiger charge is -2.17. The third-order valence-electron chi connectivity index (χ3n) is 3.75. The Morgan fingerprint density at radius 1 is 1.30 bits per heavy atom. The first-order valence-electron chi connectivity index (χ1n) is 6.26. The van der Waals surface area contributed by atoms with Crippen molar-refractivity contribution in [2.45, 2.75) is 18.7 Å². The number of carbonyl (C=O) groups is 1. The molecular weight excluding hydrogens is 302 g/mol. The van der Waals surface area contributed by atoms with Gasteiger partial charge in [0.25, 0.3) is 0 Å². The number of carboxylic acid groups (broad SMARTS) is 1. The second kappa shape index (κ2) is 5.35. The van der Waals surface area contributed by atoms with Crippen LogP contribution in [0.4, 0.5) is 0 Å². The topological polar surface area (TPSA) is 74.7 Å². The first-order chi connectivity index (χ1) is 9.23. The van der Waals surface area contributed by atoms with Gasteiger partial charge in [-0.2, -0.15) is 4.31 Å². The maximum absolute atomic E-state index is 12.6. The van der Waals surface area contributed by atoms with Crippen molar-refractivity contribution in [3.63, 3.8) is 0 Å². The highest BCUT2D eigenvalue weighted by molar-refractivity contribution is 7.89. The summed E-state index contributed by atoms with van der Waals surface area (Å²) in [6.45, 7) is 4.85. The van der Waals surface area contributed by atoms with E-state index >= 15 is 0 Å². The highest BCUT2D eigenvalue weighted by Gasteiger charge is 2.36. The summed E-state index contributed by atoms with van der Waals surface area (Å²) in [5.74, 6) is -0.640. The Kier molecular flexibility index (Phi) is 4.09.